The van der Waals surface area contributed by atoms with Crippen LogP contribution in [0.3, 0.4) is 0 Å². The van der Waals surface area contributed by atoms with Gasteiger partial charge in [0.05, 0.1) is 35.9 Å². The molecule has 110 heavy (non-hydrogen) atoms. The van der Waals surface area contributed by atoms with Crippen LogP contribution < -0.4 is 0 Å². The van der Waals surface area contributed by atoms with E-state index < -0.39 is 0 Å². The van der Waals surface area contributed by atoms with E-state index in [9.17, 15) is 4.79 Å². The van der Waals surface area contributed by atoms with E-state index in [0.29, 0.717) is 5.82 Å². The smallest absolute Gasteiger partial charge is 0.330 e. The van der Waals surface area contributed by atoms with Gasteiger partial charge in [0.15, 0.2) is 5.82 Å². The maximum Gasteiger partial charge on any atom is 0.330 e. The van der Waals surface area contributed by atoms with Gasteiger partial charge >= 0.3 is 5.97 Å². The number of carbonyl (C=O) groups excluding carboxylic acids is 1. The average Bonchev–Trinajstić information content (AvgIpc) is 1.71. The minimum atomic E-state index is -0.212. The van der Waals surface area contributed by atoms with Crippen LogP contribution in [0.15, 0.2) is 147 Å². The van der Waals surface area contributed by atoms with E-state index >= 15 is 0 Å². The van der Waals surface area contributed by atoms with Crippen LogP contribution in [-0.2, 0) is 36.6 Å². The van der Waals surface area contributed by atoms with Gasteiger partial charge < -0.3 is 9.72 Å². The van der Waals surface area contributed by atoms with Gasteiger partial charge in [-0.1, -0.05) is 283 Å². The highest BCUT2D eigenvalue weighted by molar-refractivity contribution is 7.12. The second-order valence-electron chi connectivity index (χ2n) is 36.7. The van der Waals surface area contributed by atoms with E-state index in [1.165, 1.54) is 49.8 Å². The van der Waals surface area contributed by atoms with Gasteiger partial charge in [-0.25, -0.2) is 24.7 Å². The van der Waals surface area contributed by atoms with E-state index in [1.807, 2.05) is 30.5 Å². The fraction of sp³-hybridized carbons (Fsp3) is 0.489. The van der Waals surface area contributed by atoms with Gasteiger partial charge in [-0.3, -0.25) is 15.0 Å². The lowest BCUT2D eigenvalue weighted by molar-refractivity contribution is -0.149. The molecule has 0 saturated carbocycles. The lowest BCUT2D eigenvalue weighted by Crippen LogP contribution is -2.32. The molecule has 594 valence electrons. The van der Waals surface area contributed by atoms with E-state index in [1.54, 1.807) is 58.6 Å². The lowest BCUT2D eigenvalue weighted by Gasteiger charge is -2.30. The van der Waals surface area contributed by atoms with Gasteiger partial charge in [-0.2, -0.15) is 8.75 Å². The molecule has 5 aromatic rings. The number of aromatic nitrogens is 6. The summed E-state index contributed by atoms with van der Waals surface area (Å²) in [5.41, 5.74) is 15.6. The normalized spacial score (nSPS) is 15.2. The van der Waals surface area contributed by atoms with Crippen molar-refractivity contribution in [1.82, 2.24) is 28.7 Å². The predicted octanol–water partition coefficient (Wildman–Crippen LogP) is 25.4. The number of nitrogens with one attached hydrogen (secondary N) is 1. The first-order chi connectivity index (χ1) is 50.4. The third kappa shape index (κ3) is 36.6. The molecule has 5 aliphatic rings. The van der Waals surface area contributed by atoms with Gasteiger partial charge in [0.2, 0.25) is 0 Å². The SMILES string of the molecule is C#CC1=NC(C(C)(C)C)=CC1.C#CC1=NCC(C(C)(C)C)=C1.C#CC1=NCC=C1C(C)(C)C.C#Cc1ncc(C(C)(C)C)[nH]1.C=CC1=NC(C(C)(C)C)=CC1.C=Cc1cc(C(C)(C)C)sn1.C=Cc1nc(C(C)(C)C)cs1.C=Cc1ncc(C(C)(C)C)s1.C=Cc1nscc1C(C)(C)C.CC(C)(C)C1CC=CC(=O)O1. The summed E-state index contributed by atoms with van der Waals surface area (Å²) in [7, 11) is 0. The Balaban J connectivity index is 0.000000611. The summed E-state index contributed by atoms with van der Waals surface area (Å²) in [6.45, 7) is 84.6. The minimum Gasteiger partial charge on any atom is -0.458 e. The number of terminal acetylenes is 4. The van der Waals surface area contributed by atoms with Crippen molar-refractivity contribution in [3.63, 3.8) is 0 Å². The van der Waals surface area contributed by atoms with Crippen LogP contribution in [0.5, 0.6) is 0 Å². The Kier molecular flexibility index (Phi) is 39.2. The predicted molar refractivity (Wildman–Crippen MR) is 487 cm³/mol. The van der Waals surface area contributed by atoms with Crippen molar-refractivity contribution in [2.24, 2.45) is 47.0 Å². The number of esters is 1. The highest BCUT2D eigenvalue weighted by Crippen LogP contribution is 2.35. The minimum absolute atomic E-state index is 0.0417. The Hall–Kier alpha value is -8.48. The molecule has 10 rings (SSSR count). The first-order valence-corrected chi connectivity index (χ1v) is 40.5. The number of nitrogens with zero attached hydrogens (tertiary/aromatic N) is 9. The van der Waals surface area contributed by atoms with Gasteiger partial charge in [0.25, 0.3) is 0 Å². The summed E-state index contributed by atoms with van der Waals surface area (Å²) in [5, 5.41) is 6.21. The first kappa shape index (κ1) is 99.5. The number of ether oxygens (including phenoxy) is 1. The zero-order valence-corrected chi connectivity index (χ0v) is 75.9. The van der Waals surface area contributed by atoms with Crippen LogP contribution in [-0.4, -0.2) is 76.7 Å². The molecule has 1 atom stereocenters. The Morgan fingerprint density at radius 1 is 0.564 bits per heavy atom. The van der Waals surface area contributed by atoms with Gasteiger partial charge in [0, 0.05) is 103 Å². The molecule has 12 nitrogen and oxygen atoms in total. The Morgan fingerprint density at radius 3 is 1.45 bits per heavy atom. The molecule has 0 saturated heterocycles. The summed E-state index contributed by atoms with van der Waals surface area (Å²) in [6.07, 6.45) is 48.1. The molecule has 0 spiro atoms. The number of hydrogen-bond acceptors (Lipinski definition) is 15. The Labute approximate surface area is 683 Å². The van der Waals surface area contributed by atoms with Crippen LogP contribution >= 0.6 is 45.7 Å². The molecule has 0 aliphatic carbocycles. The number of cyclic esters (lactones) is 1. The molecule has 0 fully saturated rings. The molecule has 0 radical (unpaired) electrons. The third-order valence-electron chi connectivity index (χ3n) is 16.4. The van der Waals surface area contributed by atoms with Crippen molar-refractivity contribution >= 4 is 98.9 Å². The van der Waals surface area contributed by atoms with Crippen molar-refractivity contribution in [3.05, 3.63) is 181 Å². The van der Waals surface area contributed by atoms with Crippen molar-refractivity contribution in [3.8, 4) is 49.4 Å². The maximum atomic E-state index is 10.8. The fourth-order valence-electron chi connectivity index (χ4n) is 9.18. The summed E-state index contributed by atoms with van der Waals surface area (Å²) in [5.74, 6) is 10.6. The molecular formula is C94H132N10O2S4. The first-order valence-electron chi connectivity index (χ1n) is 37.2. The number of allylic oxidation sites excluding steroid dienone is 7. The molecule has 10 heterocycles. The lowest BCUT2D eigenvalue weighted by atomic mass is 9.84. The van der Waals surface area contributed by atoms with Crippen molar-refractivity contribution < 1.29 is 9.53 Å². The largest absolute Gasteiger partial charge is 0.458 e. The highest BCUT2D eigenvalue weighted by Gasteiger charge is 2.30. The van der Waals surface area contributed by atoms with Crippen molar-refractivity contribution in [2.75, 3.05) is 13.1 Å². The highest BCUT2D eigenvalue weighted by atomic mass is 32.1. The Bertz CT molecular complexity index is 4210. The van der Waals surface area contributed by atoms with Crippen LogP contribution in [0.1, 0.15) is 281 Å². The molecule has 0 aromatic carbocycles. The Morgan fingerprint density at radius 2 is 1.15 bits per heavy atom. The monoisotopic (exact) mass is 1560 g/mol. The molecule has 5 aliphatic heterocycles. The van der Waals surface area contributed by atoms with E-state index in [-0.39, 0.29) is 66.2 Å². The quantitative estimate of drug-likeness (QED) is 0.136. The van der Waals surface area contributed by atoms with Gasteiger partial charge in [-0.15, -0.1) is 48.4 Å². The second kappa shape index (κ2) is 43.4. The zero-order valence-electron chi connectivity index (χ0n) is 72.7. The standard InChI is InChI=1S/2C10H13N.C10H15N.C10H13N.C9H12N2.4C9H13NS.C9H14O2/c1-5-9-6-8(7-11-9)10(2,3)4;1-5-9-8(6-7-11-9)10(2,3)4;2*1-5-8-6-7-9(11-8)10(2,3)4;1-5-8-10-6-7(11-8)9(2,3)4;1-5-8-10-7(6-11-8)9(2,3)4;1-5-8-10-6-7(11-8)9(2,3)4;1-5-8-7(6-11-10-8)9(2,3)4;1-5-7-6-8(11-10-7)9(2,3)4;1-9(2,3)7-5-4-6-8(10)11-7/h2*1,6H,7H2,2-4H3;5,7H,1,6H2,2-4H3;1,7H,6H2,2-4H3;1,6H,2-4H3,(H,10,11);4*5-6H,1H2,2-4H3;4,6-7H,5H2,1-3H3. The fourth-order valence-corrected chi connectivity index (χ4v) is 12.6. The van der Waals surface area contributed by atoms with Gasteiger partial charge in [0.1, 0.15) is 27.5 Å². The van der Waals surface area contributed by atoms with Crippen LogP contribution in [0, 0.1) is 76.5 Å². The number of thiazole rings is 2. The van der Waals surface area contributed by atoms with Crippen molar-refractivity contribution in [1.29, 1.82) is 0 Å². The van der Waals surface area contributed by atoms with Crippen molar-refractivity contribution in [2.45, 2.75) is 260 Å². The number of rotatable bonds is 5. The summed E-state index contributed by atoms with van der Waals surface area (Å²) in [6, 6.07) is 2.09. The molecule has 16 heteroatoms. The second-order valence-corrected chi connectivity index (χ2v) is 40.1. The van der Waals surface area contributed by atoms with E-state index in [0.717, 1.165) is 93.7 Å². The van der Waals surface area contributed by atoms with Crippen LogP contribution in [0.2, 0.25) is 0 Å². The number of aliphatic imine (C=N–C) groups is 4. The number of hydrogen-bond donors (Lipinski definition) is 1. The van der Waals surface area contributed by atoms with Crippen LogP contribution in [0.4, 0.5) is 0 Å². The number of imidazole rings is 1. The zero-order chi connectivity index (χ0) is 84.8. The molecule has 1 unspecified atom stereocenters. The van der Waals surface area contributed by atoms with Crippen LogP contribution in [0.25, 0.3) is 24.3 Å². The maximum absolute atomic E-state index is 10.8. The topological polar surface area (TPSA) is 156 Å². The molecule has 5 aromatic heterocycles. The average molecular weight is 1560 g/mol. The number of carbonyl (C=O) groups is 1. The van der Waals surface area contributed by atoms with E-state index in [4.69, 9.17) is 30.4 Å². The summed E-state index contributed by atoms with van der Waals surface area (Å²) < 4.78 is 13.6. The number of aromatic amines is 1. The molecule has 0 amide bonds. The summed E-state index contributed by atoms with van der Waals surface area (Å²) in [4.78, 5) is 46.2. The number of H-pyrrole nitrogens is 1. The molecule has 1 N–H and O–H groups in total. The molecular weight excluding hydrogens is 1430 g/mol. The van der Waals surface area contributed by atoms with Gasteiger partial charge in [-0.05, 0) is 121 Å². The van der Waals surface area contributed by atoms with E-state index in [2.05, 4.69) is 348 Å². The summed E-state index contributed by atoms with van der Waals surface area (Å²) >= 11 is 6.41. The third-order valence-corrected chi connectivity index (χ3v) is 20.5. The molecule has 0 bridgehead atoms.